The number of carbonyl (C=O) groups is 2. The number of phenols is 1. The van der Waals surface area contributed by atoms with Crippen LogP contribution in [0.25, 0.3) is 10.8 Å². The minimum Gasteiger partial charge on any atom is -0.508 e. The van der Waals surface area contributed by atoms with Gasteiger partial charge in [0.05, 0.1) is 5.56 Å². The van der Waals surface area contributed by atoms with Crippen molar-refractivity contribution in [3.8, 4) is 17.2 Å². The standard InChI is InChI=1S/C23H20O5/c1-3-5-17-12-18(24)8-11-21(17)23(26)28-20-10-7-15-13-19(27-22(25)4-2)9-6-16(15)14-20/h4,6-14,24H,2-3,5H2,1H3. The number of carbonyl (C=O) groups excluding carboxylic acids is 2. The first kappa shape index (κ1) is 19.2. The highest BCUT2D eigenvalue weighted by Crippen LogP contribution is 2.26. The van der Waals surface area contributed by atoms with E-state index in [1.807, 2.05) is 6.92 Å². The average molecular weight is 376 g/mol. The molecule has 0 atom stereocenters. The lowest BCUT2D eigenvalue weighted by molar-refractivity contribution is -0.128. The Labute approximate surface area is 162 Å². The predicted molar refractivity (Wildman–Crippen MR) is 107 cm³/mol. The van der Waals surface area contributed by atoms with Gasteiger partial charge in [-0.25, -0.2) is 9.59 Å². The Morgan fingerprint density at radius 3 is 2.21 bits per heavy atom. The van der Waals surface area contributed by atoms with Crippen LogP contribution in [-0.4, -0.2) is 17.0 Å². The van der Waals surface area contributed by atoms with Gasteiger partial charge in [-0.15, -0.1) is 0 Å². The first-order valence-electron chi connectivity index (χ1n) is 8.92. The van der Waals surface area contributed by atoms with Gasteiger partial charge >= 0.3 is 11.9 Å². The van der Waals surface area contributed by atoms with Gasteiger partial charge in [0, 0.05) is 6.08 Å². The second kappa shape index (κ2) is 8.39. The summed E-state index contributed by atoms with van der Waals surface area (Å²) in [4.78, 5) is 23.9. The smallest absolute Gasteiger partial charge is 0.343 e. The van der Waals surface area contributed by atoms with Crippen LogP contribution in [0.15, 0.2) is 67.3 Å². The van der Waals surface area contributed by atoms with Crippen molar-refractivity contribution in [1.29, 1.82) is 0 Å². The van der Waals surface area contributed by atoms with Crippen LogP contribution < -0.4 is 9.47 Å². The molecule has 0 heterocycles. The van der Waals surface area contributed by atoms with Crippen molar-refractivity contribution >= 4 is 22.7 Å². The van der Waals surface area contributed by atoms with Crippen molar-refractivity contribution in [2.45, 2.75) is 19.8 Å². The van der Waals surface area contributed by atoms with E-state index in [2.05, 4.69) is 6.58 Å². The molecule has 0 fully saturated rings. The highest BCUT2D eigenvalue weighted by atomic mass is 16.5. The molecule has 3 aromatic carbocycles. The molecule has 0 spiro atoms. The van der Waals surface area contributed by atoms with E-state index >= 15 is 0 Å². The maximum Gasteiger partial charge on any atom is 0.343 e. The zero-order valence-electron chi connectivity index (χ0n) is 15.5. The van der Waals surface area contributed by atoms with Gasteiger partial charge in [0.2, 0.25) is 0 Å². The summed E-state index contributed by atoms with van der Waals surface area (Å²) in [5.41, 5.74) is 1.19. The lowest BCUT2D eigenvalue weighted by Crippen LogP contribution is -2.11. The first-order chi connectivity index (χ1) is 13.5. The Morgan fingerprint density at radius 2 is 1.61 bits per heavy atom. The van der Waals surface area contributed by atoms with E-state index in [0.29, 0.717) is 23.5 Å². The third-order valence-electron chi connectivity index (χ3n) is 4.21. The van der Waals surface area contributed by atoms with Gasteiger partial charge in [-0.05, 0) is 65.2 Å². The fraction of sp³-hybridized carbons (Fsp3) is 0.130. The second-order valence-electron chi connectivity index (χ2n) is 6.28. The average Bonchev–Trinajstić information content (AvgIpc) is 2.68. The third kappa shape index (κ3) is 4.38. The second-order valence-corrected chi connectivity index (χ2v) is 6.28. The van der Waals surface area contributed by atoms with Gasteiger partial charge < -0.3 is 14.6 Å². The molecule has 0 amide bonds. The highest BCUT2D eigenvalue weighted by Gasteiger charge is 2.14. The minimum atomic E-state index is -0.526. The summed E-state index contributed by atoms with van der Waals surface area (Å²) < 4.78 is 10.6. The Balaban J connectivity index is 1.82. The minimum absolute atomic E-state index is 0.124. The molecule has 0 aliphatic rings. The van der Waals surface area contributed by atoms with Crippen LogP contribution in [0.2, 0.25) is 0 Å². The van der Waals surface area contributed by atoms with Crippen molar-refractivity contribution in [3.63, 3.8) is 0 Å². The van der Waals surface area contributed by atoms with E-state index in [-0.39, 0.29) is 5.75 Å². The number of hydrogen-bond donors (Lipinski definition) is 1. The fourth-order valence-electron chi connectivity index (χ4n) is 2.90. The largest absolute Gasteiger partial charge is 0.508 e. The van der Waals surface area contributed by atoms with E-state index in [1.165, 1.54) is 6.07 Å². The molecule has 0 bridgehead atoms. The Hall–Kier alpha value is -3.60. The molecule has 0 radical (unpaired) electrons. The highest BCUT2D eigenvalue weighted by molar-refractivity contribution is 5.94. The molecule has 0 saturated carbocycles. The molecule has 0 unspecified atom stereocenters. The maximum absolute atomic E-state index is 12.6. The van der Waals surface area contributed by atoms with Crippen LogP contribution in [0.5, 0.6) is 17.2 Å². The zero-order chi connectivity index (χ0) is 20.1. The summed E-state index contributed by atoms with van der Waals surface area (Å²) in [6.07, 6.45) is 2.62. The van der Waals surface area contributed by atoms with Gasteiger partial charge in [0.25, 0.3) is 0 Å². The normalized spacial score (nSPS) is 10.5. The molecule has 0 saturated heterocycles. The quantitative estimate of drug-likeness (QED) is 0.380. The number of esters is 2. The number of ether oxygens (including phenoxy) is 2. The summed E-state index contributed by atoms with van der Waals surface area (Å²) >= 11 is 0. The number of phenolic OH excluding ortho intramolecular Hbond substituents is 1. The molecule has 0 aromatic heterocycles. The summed E-state index contributed by atoms with van der Waals surface area (Å²) in [5.74, 6) is -0.0565. The van der Waals surface area contributed by atoms with Gasteiger partial charge in [-0.1, -0.05) is 32.1 Å². The Kier molecular flexibility index (Phi) is 5.75. The van der Waals surface area contributed by atoms with Crippen LogP contribution in [0, 0.1) is 0 Å². The number of hydrogen-bond acceptors (Lipinski definition) is 5. The van der Waals surface area contributed by atoms with E-state index in [0.717, 1.165) is 28.8 Å². The molecule has 28 heavy (non-hydrogen) atoms. The summed E-state index contributed by atoms with van der Waals surface area (Å²) in [7, 11) is 0. The van der Waals surface area contributed by atoms with E-state index in [4.69, 9.17) is 9.47 Å². The number of fused-ring (bicyclic) bond motifs is 1. The van der Waals surface area contributed by atoms with Gasteiger partial charge in [0.15, 0.2) is 0 Å². The van der Waals surface area contributed by atoms with Gasteiger partial charge in [-0.2, -0.15) is 0 Å². The zero-order valence-corrected chi connectivity index (χ0v) is 15.5. The first-order valence-corrected chi connectivity index (χ1v) is 8.92. The lowest BCUT2D eigenvalue weighted by Gasteiger charge is -2.10. The van der Waals surface area contributed by atoms with Crippen molar-refractivity contribution in [2.24, 2.45) is 0 Å². The molecular weight excluding hydrogens is 356 g/mol. The number of aryl methyl sites for hydroxylation is 1. The molecule has 0 aliphatic heterocycles. The van der Waals surface area contributed by atoms with Crippen LogP contribution in [0.1, 0.15) is 29.3 Å². The monoisotopic (exact) mass is 376 g/mol. The van der Waals surface area contributed by atoms with E-state index in [9.17, 15) is 14.7 Å². The molecule has 3 aromatic rings. The molecule has 1 N–H and O–H groups in total. The number of benzene rings is 3. The van der Waals surface area contributed by atoms with Crippen LogP contribution in [-0.2, 0) is 11.2 Å². The lowest BCUT2D eigenvalue weighted by atomic mass is 10.0. The Morgan fingerprint density at radius 1 is 0.964 bits per heavy atom. The van der Waals surface area contributed by atoms with Crippen molar-refractivity contribution in [2.75, 3.05) is 0 Å². The van der Waals surface area contributed by atoms with Crippen LogP contribution >= 0.6 is 0 Å². The summed E-state index contributed by atoms with van der Waals surface area (Å²) in [6, 6.07) is 15.0. The predicted octanol–water partition coefficient (Wildman–Crippen LogP) is 4.81. The summed E-state index contributed by atoms with van der Waals surface area (Å²) in [5, 5.41) is 11.3. The van der Waals surface area contributed by atoms with Crippen molar-refractivity contribution in [3.05, 3.63) is 78.4 Å². The van der Waals surface area contributed by atoms with E-state index < -0.39 is 11.9 Å². The third-order valence-corrected chi connectivity index (χ3v) is 4.21. The van der Waals surface area contributed by atoms with E-state index in [1.54, 1.807) is 48.5 Å². The van der Waals surface area contributed by atoms with Crippen LogP contribution in [0.4, 0.5) is 0 Å². The molecule has 142 valence electrons. The maximum atomic E-state index is 12.6. The van der Waals surface area contributed by atoms with Crippen molar-refractivity contribution in [1.82, 2.24) is 0 Å². The van der Waals surface area contributed by atoms with Gasteiger partial charge in [0.1, 0.15) is 17.2 Å². The number of aromatic hydroxyl groups is 1. The van der Waals surface area contributed by atoms with Crippen LogP contribution in [0.3, 0.4) is 0 Å². The van der Waals surface area contributed by atoms with Gasteiger partial charge in [-0.3, -0.25) is 0 Å². The topological polar surface area (TPSA) is 72.8 Å². The number of rotatable bonds is 6. The van der Waals surface area contributed by atoms with Crippen molar-refractivity contribution < 1.29 is 24.2 Å². The SMILES string of the molecule is C=CC(=O)Oc1ccc2cc(OC(=O)c3ccc(O)cc3CCC)ccc2c1. The molecule has 5 nitrogen and oxygen atoms in total. The fourth-order valence-corrected chi connectivity index (χ4v) is 2.90. The molecular formula is C23H20O5. The molecule has 3 rings (SSSR count). The molecule has 0 aliphatic carbocycles. The molecule has 5 heteroatoms. The summed E-state index contributed by atoms with van der Waals surface area (Å²) in [6.45, 7) is 5.37. The Bertz CT molecular complexity index is 1050.